The van der Waals surface area contributed by atoms with Crippen LogP contribution in [-0.4, -0.2) is 71.8 Å². The van der Waals surface area contributed by atoms with Gasteiger partial charge in [0.05, 0.1) is 18.8 Å². The molecule has 12 nitrogen and oxygen atoms in total. The zero-order valence-corrected chi connectivity index (χ0v) is 28.9. The molecule has 0 bridgehead atoms. The third kappa shape index (κ3) is 9.43. The summed E-state index contributed by atoms with van der Waals surface area (Å²) in [6, 6.07) is 22.9. The maximum atomic E-state index is 13.8. The number of amidine groups is 1. The summed E-state index contributed by atoms with van der Waals surface area (Å²) in [5.74, 6) is -1.93. The Morgan fingerprint density at radius 2 is 1.57 bits per heavy atom. The highest BCUT2D eigenvalue weighted by Crippen LogP contribution is 2.30. The SMILES string of the molecule is Cc1ccc(-c2ccc(C(=O)NC(CC(C)C)C(=O)N3CCOCC3)cc2C(=O)OCc2ccccc2)c(C(=O)Nc2ccc(C(=N)N)cc2)n1. The van der Waals surface area contributed by atoms with Crippen LogP contribution in [-0.2, 0) is 20.9 Å². The Labute approximate surface area is 296 Å². The van der Waals surface area contributed by atoms with Crippen LogP contribution >= 0.6 is 0 Å². The maximum absolute atomic E-state index is 13.8. The molecule has 51 heavy (non-hydrogen) atoms. The number of carbonyl (C=O) groups excluding carboxylic acids is 4. The molecule has 3 amide bonds. The van der Waals surface area contributed by atoms with Crippen LogP contribution in [0.4, 0.5) is 5.69 Å². The predicted molar refractivity (Wildman–Crippen MR) is 193 cm³/mol. The van der Waals surface area contributed by atoms with Gasteiger partial charge in [0.25, 0.3) is 11.8 Å². The third-order valence-electron chi connectivity index (χ3n) is 8.34. The highest BCUT2D eigenvalue weighted by Gasteiger charge is 2.29. The monoisotopic (exact) mass is 690 g/mol. The Bertz CT molecular complexity index is 1910. The molecule has 1 aliphatic heterocycles. The van der Waals surface area contributed by atoms with Gasteiger partial charge in [-0.25, -0.2) is 9.78 Å². The zero-order chi connectivity index (χ0) is 36.5. The summed E-state index contributed by atoms with van der Waals surface area (Å²) in [7, 11) is 0. The van der Waals surface area contributed by atoms with E-state index < -0.39 is 23.8 Å². The van der Waals surface area contributed by atoms with Crippen LogP contribution in [0.15, 0.2) is 84.9 Å². The lowest BCUT2D eigenvalue weighted by Crippen LogP contribution is -2.52. The minimum atomic E-state index is -0.773. The Morgan fingerprint density at radius 3 is 2.24 bits per heavy atom. The molecule has 1 aromatic heterocycles. The van der Waals surface area contributed by atoms with E-state index >= 15 is 0 Å². The lowest BCUT2D eigenvalue weighted by Gasteiger charge is -2.31. The van der Waals surface area contributed by atoms with E-state index in [-0.39, 0.29) is 41.1 Å². The molecule has 264 valence electrons. The van der Waals surface area contributed by atoms with E-state index in [1.807, 2.05) is 44.2 Å². The van der Waals surface area contributed by atoms with E-state index in [4.69, 9.17) is 20.6 Å². The van der Waals surface area contributed by atoms with Gasteiger partial charge in [-0.1, -0.05) is 56.3 Å². The topological polar surface area (TPSA) is 177 Å². The van der Waals surface area contributed by atoms with E-state index in [9.17, 15) is 19.2 Å². The van der Waals surface area contributed by atoms with E-state index in [2.05, 4.69) is 15.6 Å². The highest BCUT2D eigenvalue weighted by molar-refractivity contribution is 6.10. The summed E-state index contributed by atoms with van der Waals surface area (Å²) in [6.45, 7) is 7.44. The van der Waals surface area contributed by atoms with E-state index in [1.54, 1.807) is 60.4 Å². The number of anilines is 1. The van der Waals surface area contributed by atoms with Crippen molar-refractivity contribution in [2.75, 3.05) is 31.6 Å². The molecule has 12 heteroatoms. The van der Waals surface area contributed by atoms with Gasteiger partial charge in [-0.05, 0) is 72.9 Å². The van der Waals surface area contributed by atoms with Gasteiger partial charge in [-0.2, -0.15) is 0 Å². The summed E-state index contributed by atoms with van der Waals surface area (Å²) in [4.78, 5) is 60.9. The molecule has 0 spiro atoms. The third-order valence-corrected chi connectivity index (χ3v) is 8.34. The molecular weight excluding hydrogens is 648 g/mol. The van der Waals surface area contributed by atoms with Gasteiger partial charge in [-0.15, -0.1) is 0 Å². The number of nitrogen functional groups attached to an aromatic ring is 1. The molecule has 1 unspecified atom stereocenters. The van der Waals surface area contributed by atoms with Crippen LogP contribution in [0.2, 0.25) is 0 Å². The van der Waals surface area contributed by atoms with Crippen molar-refractivity contribution >= 4 is 35.2 Å². The number of rotatable bonds is 12. The van der Waals surface area contributed by atoms with Crippen molar-refractivity contribution in [1.82, 2.24) is 15.2 Å². The number of hydrogen-bond donors (Lipinski definition) is 4. The second-order valence-corrected chi connectivity index (χ2v) is 12.7. The maximum Gasteiger partial charge on any atom is 0.339 e. The van der Waals surface area contributed by atoms with Crippen molar-refractivity contribution in [3.8, 4) is 11.1 Å². The number of aryl methyl sites for hydroxylation is 1. The summed E-state index contributed by atoms with van der Waals surface area (Å²) in [6.07, 6.45) is 0.428. The summed E-state index contributed by atoms with van der Waals surface area (Å²) >= 11 is 0. The number of ether oxygens (including phenoxy) is 2. The molecule has 1 fully saturated rings. The molecule has 1 atom stereocenters. The lowest BCUT2D eigenvalue weighted by atomic mass is 9.95. The number of pyridine rings is 1. The number of aromatic nitrogens is 1. The molecule has 2 heterocycles. The molecule has 0 aliphatic carbocycles. The Balaban J connectivity index is 1.49. The number of esters is 1. The van der Waals surface area contributed by atoms with Gasteiger partial charge >= 0.3 is 5.97 Å². The fraction of sp³-hybridized carbons (Fsp3) is 0.282. The van der Waals surface area contributed by atoms with Gasteiger partial charge in [0.1, 0.15) is 24.2 Å². The average molecular weight is 691 g/mol. The molecule has 1 aliphatic rings. The number of carbonyl (C=O) groups is 4. The van der Waals surface area contributed by atoms with Crippen molar-refractivity contribution < 1.29 is 28.7 Å². The minimum absolute atomic E-state index is 0.0181. The summed E-state index contributed by atoms with van der Waals surface area (Å²) < 4.78 is 11.1. The van der Waals surface area contributed by atoms with Crippen LogP contribution in [0, 0.1) is 18.3 Å². The molecule has 0 saturated carbocycles. The number of nitrogens with zero attached hydrogens (tertiary/aromatic N) is 2. The first-order valence-electron chi connectivity index (χ1n) is 16.8. The number of morpholine rings is 1. The fourth-order valence-corrected chi connectivity index (χ4v) is 5.70. The number of benzene rings is 3. The lowest BCUT2D eigenvalue weighted by molar-refractivity contribution is -0.137. The molecule has 5 rings (SSSR count). The van der Waals surface area contributed by atoms with Gasteiger partial charge < -0.3 is 30.7 Å². The van der Waals surface area contributed by atoms with Crippen LogP contribution in [0.5, 0.6) is 0 Å². The second kappa shape index (κ2) is 16.7. The molecule has 4 aromatic rings. The minimum Gasteiger partial charge on any atom is -0.457 e. The molecule has 1 saturated heterocycles. The largest absolute Gasteiger partial charge is 0.457 e. The molecule has 5 N–H and O–H groups in total. The molecular formula is C39H42N6O6. The Hall–Kier alpha value is -5.88. The van der Waals surface area contributed by atoms with Crippen LogP contribution < -0.4 is 16.4 Å². The normalized spacial score (nSPS) is 13.3. The van der Waals surface area contributed by atoms with Crippen molar-refractivity contribution in [2.45, 2.75) is 39.8 Å². The number of hydrogen-bond acceptors (Lipinski definition) is 8. The van der Waals surface area contributed by atoms with Crippen molar-refractivity contribution in [2.24, 2.45) is 11.7 Å². The number of nitrogens with one attached hydrogen (secondary N) is 3. The van der Waals surface area contributed by atoms with Gasteiger partial charge in [0.15, 0.2) is 0 Å². The zero-order valence-electron chi connectivity index (χ0n) is 28.9. The summed E-state index contributed by atoms with van der Waals surface area (Å²) in [5.41, 5.74) is 8.78. The first-order valence-corrected chi connectivity index (χ1v) is 16.8. The number of amides is 3. The van der Waals surface area contributed by atoms with Crippen LogP contribution in [0.1, 0.15) is 68.3 Å². The van der Waals surface area contributed by atoms with Gasteiger partial charge in [-0.3, -0.25) is 19.8 Å². The Kier molecular flexibility index (Phi) is 11.9. The second-order valence-electron chi connectivity index (χ2n) is 12.7. The first-order chi connectivity index (χ1) is 24.5. The quantitative estimate of drug-likeness (QED) is 0.0917. The standard InChI is InChI=1S/C39H42N6O6/c1-24(2)21-33(38(48)45-17-19-50-20-18-45)44-36(46)28-12-16-30(32(22-28)39(49)51-23-26-7-5-4-6-8-26)31-15-9-25(3)42-34(31)37(47)43-29-13-10-27(11-14-29)35(40)41/h4-16,22,24,33H,17-21,23H2,1-3H3,(H3,40,41)(H,43,47)(H,44,46). The Morgan fingerprint density at radius 1 is 0.902 bits per heavy atom. The van der Waals surface area contributed by atoms with Crippen molar-refractivity contribution in [3.63, 3.8) is 0 Å². The molecule has 3 aromatic carbocycles. The average Bonchev–Trinajstić information content (AvgIpc) is 3.13. The fourth-order valence-electron chi connectivity index (χ4n) is 5.70. The van der Waals surface area contributed by atoms with Crippen LogP contribution in [0.25, 0.3) is 11.1 Å². The van der Waals surface area contributed by atoms with E-state index in [1.165, 1.54) is 6.07 Å². The van der Waals surface area contributed by atoms with E-state index in [0.29, 0.717) is 60.8 Å². The van der Waals surface area contributed by atoms with Gasteiger partial charge in [0, 0.05) is 41.2 Å². The first kappa shape index (κ1) is 36.4. The summed E-state index contributed by atoms with van der Waals surface area (Å²) in [5, 5.41) is 13.3. The smallest absolute Gasteiger partial charge is 0.339 e. The van der Waals surface area contributed by atoms with Crippen molar-refractivity contribution in [1.29, 1.82) is 5.41 Å². The molecule has 0 radical (unpaired) electrons. The highest BCUT2D eigenvalue weighted by atomic mass is 16.5. The van der Waals surface area contributed by atoms with Crippen LogP contribution in [0.3, 0.4) is 0 Å². The number of nitrogens with two attached hydrogens (primary N) is 1. The predicted octanol–water partition coefficient (Wildman–Crippen LogP) is 4.95. The van der Waals surface area contributed by atoms with Crippen molar-refractivity contribution in [3.05, 3.63) is 119 Å². The van der Waals surface area contributed by atoms with E-state index in [0.717, 1.165) is 5.56 Å². The van der Waals surface area contributed by atoms with Gasteiger partial charge in [0.2, 0.25) is 5.91 Å².